The van der Waals surface area contributed by atoms with E-state index in [-0.39, 0.29) is 5.24 Å². The minimum Gasteiger partial charge on any atom is -0.286 e. The van der Waals surface area contributed by atoms with Crippen LogP contribution in [0.3, 0.4) is 0 Å². The highest BCUT2D eigenvalue weighted by atomic mass is 32.1. The van der Waals surface area contributed by atoms with Crippen molar-refractivity contribution in [1.29, 1.82) is 0 Å². The highest BCUT2D eigenvalue weighted by molar-refractivity contribution is 7.96. The van der Waals surface area contributed by atoms with Gasteiger partial charge in [-0.2, -0.15) is 0 Å². The Morgan fingerprint density at radius 2 is 1.60 bits per heavy atom. The van der Waals surface area contributed by atoms with E-state index >= 15 is 0 Å². The van der Waals surface area contributed by atoms with Gasteiger partial charge in [-0.1, -0.05) is 24.8 Å². The van der Waals surface area contributed by atoms with Gasteiger partial charge in [-0.25, -0.2) is 0 Å². The fourth-order valence-electron chi connectivity index (χ4n) is 0.590. The molecule has 3 heteroatoms. The van der Waals surface area contributed by atoms with Crippen molar-refractivity contribution in [3.63, 3.8) is 0 Å². The summed E-state index contributed by atoms with van der Waals surface area (Å²) >= 11 is 3.65. The molecule has 2 nitrogen and oxygen atoms in total. The summed E-state index contributed by atoms with van der Waals surface area (Å²) in [5.74, 6) is 0. The molecule has 0 aliphatic carbocycles. The third-order valence-corrected chi connectivity index (χ3v) is 1.28. The Morgan fingerprint density at radius 1 is 1.10 bits per heavy atom. The number of hydrogen-bond acceptors (Lipinski definition) is 1. The summed E-state index contributed by atoms with van der Waals surface area (Å²) in [4.78, 5) is 12.0. The van der Waals surface area contributed by atoms with Gasteiger partial charge in [0.2, 0.25) is 0 Å². The molecule has 0 unspecified atom stereocenters. The van der Waals surface area contributed by atoms with Gasteiger partial charge in [-0.05, 0) is 12.2 Å². The summed E-state index contributed by atoms with van der Waals surface area (Å²) in [7, 11) is 0. The Morgan fingerprint density at radius 3 is 2.00 bits per heavy atom. The van der Waals surface area contributed by atoms with Crippen LogP contribution in [0.25, 0.3) is 0 Å². The van der Waals surface area contributed by atoms with Crippen LogP contribution in [0.1, 0.15) is 0 Å². The number of carbonyl (C=O) groups is 1. The van der Waals surface area contributed by atoms with Crippen LogP contribution in [0.4, 0.5) is 4.79 Å². The number of nitrogens with zero attached hydrogens (tertiary/aromatic N) is 1. The van der Waals surface area contributed by atoms with Crippen molar-refractivity contribution in [2.45, 2.75) is 0 Å². The average Bonchev–Trinajstić information content (AvgIpc) is 2.12. The molecule has 0 bridgehead atoms. The van der Waals surface area contributed by atoms with E-state index in [4.69, 9.17) is 0 Å². The van der Waals surface area contributed by atoms with E-state index in [2.05, 4.69) is 12.6 Å². The second kappa shape index (κ2) is 3.27. The summed E-state index contributed by atoms with van der Waals surface area (Å²) in [6.07, 6.45) is 10.5. The Balaban J connectivity index is 2.72. The molecule has 0 N–H and O–H groups in total. The van der Waals surface area contributed by atoms with Gasteiger partial charge in [0.15, 0.2) is 0 Å². The van der Waals surface area contributed by atoms with E-state index in [1.165, 1.54) is 4.90 Å². The van der Waals surface area contributed by atoms with Gasteiger partial charge >= 0.3 is 0 Å². The molecule has 52 valence electrons. The van der Waals surface area contributed by atoms with Crippen molar-refractivity contribution in [2.75, 3.05) is 0 Å². The molecule has 1 rings (SSSR count). The standard InChI is InChI=1S/C7H7NOS/c9-7(10)8-5-3-1-2-4-6-8/h1-6H,(H,9,10). The van der Waals surface area contributed by atoms with Crippen molar-refractivity contribution < 1.29 is 4.79 Å². The van der Waals surface area contributed by atoms with E-state index in [1.807, 2.05) is 12.2 Å². The third-order valence-electron chi connectivity index (χ3n) is 1.05. The lowest BCUT2D eigenvalue weighted by atomic mass is 10.5. The fraction of sp³-hybridized carbons (Fsp3) is 0. The van der Waals surface area contributed by atoms with Gasteiger partial charge in [0.1, 0.15) is 0 Å². The van der Waals surface area contributed by atoms with Crippen LogP contribution in [0.15, 0.2) is 36.7 Å². The maximum atomic E-state index is 10.6. The quantitative estimate of drug-likeness (QED) is 0.527. The van der Waals surface area contributed by atoms with Crippen molar-refractivity contribution in [1.82, 2.24) is 4.90 Å². The SMILES string of the molecule is O=C(S)N1C=CC=CC=C1. The topological polar surface area (TPSA) is 20.3 Å². The second-order valence-electron chi connectivity index (χ2n) is 1.76. The Labute approximate surface area is 64.9 Å². The van der Waals surface area contributed by atoms with Gasteiger partial charge in [0.05, 0.1) is 0 Å². The molecule has 0 atom stereocenters. The lowest BCUT2D eigenvalue weighted by Crippen LogP contribution is -2.10. The highest BCUT2D eigenvalue weighted by Crippen LogP contribution is 2.01. The molecule has 0 aromatic carbocycles. The van der Waals surface area contributed by atoms with E-state index in [1.54, 1.807) is 24.6 Å². The zero-order valence-electron chi connectivity index (χ0n) is 5.27. The fourth-order valence-corrected chi connectivity index (χ4v) is 0.724. The average molecular weight is 153 g/mol. The summed E-state index contributed by atoms with van der Waals surface area (Å²) in [5, 5.41) is -0.281. The molecule has 0 aromatic heterocycles. The van der Waals surface area contributed by atoms with Crippen LogP contribution in [0.2, 0.25) is 0 Å². The monoisotopic (exact) mass is 153 g/mol. The lowest BCUT2D eigenvalue weighted by molar-refractivity contribution is 0.249. The number of hydrogen-bond donors (Lipinski definition) is 1. The number of allylic oxidation sites excluding steroid dienone is 4. The molecule has 1 aliphatic rings. The number of amides is 1. The maximum Gasteiger partial charge on any atom is 0.286 e. The van der Waals surface area contributed by atoms with Crippen LogP contribution in [0.5, 0.6) is 0 Å². The zero-order chi connectivity index (χ0) is 7.40. The summed E-state index contributed by atoms with van der Waals surface area (Å²) < 4.78 is 0. The predicted molar refractivity (Wildman–Crippen MR) is 43.6 cm³/mol. The molecule has 1 heterocycles. The van der Waals surface area contributed by atoms with E-state index in [9.17, 15) is 4.79 Å². The molecule has 0 fully saturated rings. The first-order chi connectivity index (χ1) is 4.80. The van der Waals surface area contributed by atoms with Gasteiger partial charge in [-0.3, -0.25) is 9.69 Å². The molecule has 0 radical (unpaired) electrons. The molecular weight excluding hydrogens is 146 g/mol. The first kappa shape index (κ1) is 7.15. The summed E-state index contributed by atoms with van der Waals surface area (Å²) in [6.45, 7) is 0. The minimum atomic E-state index is -0.281. The van der Waals surface area contributed by atoms with E-state index in [0.717, 1.165) is 0 Å². The Hall–Kier alpha value is -0.960. The smallest absolute Gasteiger partial charge is 0.286 e. The third kappa shape index (κ3) is 1.77. The van der Waals surface area contributed by atoms with E-state index < -0.39 is 0 Å². The van der Waals surface area contributed by atoms with Crippen molar-refractivity contribution >= 4 is 17.9 Å². The highest BCUT2D eigenvalue weighted by Gasteiger charge is 1.99. The molecule has 1 amide bonds. The van der Waals surface area contributed by atoms with E-state index in [0.29, 0.717) is 0 Å². The molecule has 1 aliphatic heterocycles. The first-order valence-electron chi connectivity index (χ1n) is 2.83. The number of carbonyl (C=O) groups excluding carboxylic acids is 1. The largest absolute Gasteiger partial charge is 0.286 e. The van der Waals surface area contributed by atoms with Crippen LogP contribution < -0.4 is 0 Å². The van der Waals surface area contributed by atoms with Crippen LogP contribution in [-0.4, -0.2) is 10.1 Å². The molecule has 0 aromatic rings. The molecule has 0 saturated carbocycles. The lowest BCUT2D eigenvalue weighted by Gasteiger charge is -2.06. The minimum absolute atomic E-state index is 0.281. The van der Waals surface area contributed by atoms with Gasteiger partial charge in [-0.15, -0.1) is 0 Å². The van der Waals surface area contributed by atoms with Crippen LogP contribution in [-0.2, 0) is 0 Å². The van der Waals surface area contributed by atoms with Crippen LogP contribution >= 0.6 is 12.6 Å². The number of thiol groups is 1. The summed E-state index contributed by atoms with van der Waals surface area (Å²) in [5.41, 5.74) is 0. The summed E-state index contributed by atoms with van der Waals surface area (Å²) in [6, 6.07) is 0. The molecule has 0 spiro atoms. The van der Waals surface area contributed by atoms with Gasteiger partial charge < -0.3 is 0 Å². The Kier molecular flexibility index (Phi) is 2.34. The normalized spacial score (nSPS) is 15.5. The number of rotatable bonds is 0. The second-order valence-corrected chi connectivity index (χ2v) is 2.14. The first-order valence-corrected chi connectivity index (χ1v) is 3.28. The van der Waals surface area contributed by atoms with Crippen LogP contribution in [0, 0.1) is 0 Å². The van der Waals surface area contributed by atoms with Crippen molar-refractivity contribution in [3.05, 3.63) is 36.7 Å². The van der Waals surface area contributed by atoms with Crippen molar-refractivity contribution in [3.8, 4) is 0 Å². The van der Waals surface area contributed by atoms with Gasteiger partial charge in [0, 0.05) is 12.4 Å². The van der Waals surface area contributed by atoms with Gasteiger partial charge in [0.25, 0.3) is 5.24 Å². The Bertz CT molecular complexity index is 202. The zero-order valence-corrected chi connectivity index (χ0v) is 6.16. The molecule has 10 heavy (non-hydrogen) atoms. The maximum absolute atomic E-state index is 10.6. The molecular formula is C7H7NOS. The van der Waals surface area contributed by atoms with Crippen molar-refractivity contribution in [2.24, 2.45) is 0 Å². The predicted octanol–water partition coefficient (Wildman–Crippen LogP) is 1.94. The molecule has 0 saturated heterocycles.